The molecule has 0 aliphatic carbocycles. The summed E-state index contributed by atoms with van der Waals surface area (Å²) in [5, 5.41) is 12.7. The molecule has 3 heteroatoms. The molecule has 74 valence electrons. The molecule has 2 aliphatic rings. The molecule has 0 spiro atoms. The van der Waals surface area contributed by atoms with Crippen LogP contribution in [0.2, 0.25) is 0 Å². The van der Waals surface area contributed by atoms with Crippen LogP contribution in [0, 0.1) is 5.92 Å². The van der Waals surface area contributed by atoms with E-state index in [4.69, 9.17) is 0 Å². The van der Waals surface area contributed by atoms with Crippen LogP contribution in [-0.4, -0.2) is 42.3 Å². The van der Waals surface area contributed by atoms with E-state index in [0.29, 0.717) is 5.92 Å². The van der Waals surface area contributed by atoms with Crippen molar-refractivity contribution in [3.05, 3.63) is 11.8 Å². The molecular formula is C10H18N2O. The molecule has 13 heavy (non-hydrogen) atoms. The molecule has 0 bridgehead atoms. The molecule has 2 rings (SSSR count). The van der Waals surface area contributed by atoms with E-state index in [9.17, 15) is 5.11 Å². The smallest absolute Gasteiger partial charge is 0.0686 e. The third-order valence-electron chi connectivity index (χ3n) is 2.86. The number of hydrogen-bond donors (Lipinski definition) is 2. The second-order valence-corrected chi connectivity index (χ2v) is 4.07. The maximum Gasteiger partial charge on any atom is 0.0686 e. The maximum absolute atomic E-state index is 9.32. The van der Waals surface area contributed by atoms with Gasteiger partial charge in [-0.15, -0.1) is 0 Å². The second-order valence-electron chi connectivity index (χ2n) is 4.07. The summed E-state index contributed by atoms with van der Waals surface area (Å²) < 4.78 is 0. The van der Waals surface area contributed by atoms with Gasteiger partial charge in [-0.3, -0.25) is 0 Å². The quantitative estimate of drug-likeness (QED) is 0.639. The summed E-state index contributed by atoms with van der Waals surface area (Å²) in [7, 11) is 0. The van der Waals surface area contributed by atoms with Gasteiger partial charge in [-0.25, -0.2) is 0 Å². The lowest BCUT2D eigenvalue weighted by atomic mass is 10.0. The summed E-state index contributed by atoms with van der Waals surface area (Å²) in [5.74, 6) is 0.701. The van der Waals surface area contributed by atoms with Crippen molar-refractivity contribution in [2.45, 2.75) is 19.4 Å². The first-order chi connectivity index (χ1) is 6.27. The van der Waals surface area contributed by atoms with Gasteiger partial charge in [0.15, 0.2) is 0 Å². The lowest BCUT2D eigenvalue weighted by Gasteiger charge is -2.26. The van der Waals surface area contributed by atoms with Crippen molar-refractivity contribution in [1.29, 1.82) is 0 Å². The molecule has 0 aromatic heterocycles. The Morgan fingerprint density at radius 3 is 3.38 bits per heavy atom. The molecule has 0 amide bonds. The standard InChI is InChI=1S/C10H18N2O/c1-8(13)7-12-5-3-9-6-11-4-2-10(9)12/h2,8-9,11,13H,3-7H2,1H3. The Morgan fingerprint density at radius 2 is 2.62 bits per heavy atom. The molecule has 2 atom stereocenters. The number of nitrogens with zero attached hydrogens (tertiary/aromatic N) is 1. The third kappa shape index (κ3) is 1.86. The number of likely N-dealkylation sites (tertiary alicyclic amines) is 1. The average molecular weight is 182 g/mol. The van der Waals surface area contributed by atoms with Crippen LogP contribution >= 0.6 is 0 Å². The lowest BCUT2D eigenvalue weighted by Crippen LogP contribution is -2.33. The van der Waals surface area contributed by atoms with Crippen LogP contribution in [0.25, 0.3) is 0 Å². The van der Waals surface area contributed by atoms with Gasteiger partial charge < -0.3 is 15.3 Å². The van der Waals surface area contributed by atoms with Crippen LogP contribution in [0.1, 0.15) is 13.3 Å². The first-order valence-electron chi connectivity index (χ1n) is 5.11. The number of aliphatic hydroxyl groups is 1. The second kappa shape index (κ2) is 3.68. The van der Waals surface area contributed by atoms with Crippen molar-refractivity contribution in [2.75, 3.05) is 26.2 Å². The van der Waals surface area contributed by atoms with Gasteiger partial charge in [0.2, 0.25) is 0 Å². The zero-order chi connectivity index (χ0) is 9.26. The highest BCUT2D eigenvalue weighted by Crippen LogP contribution is 2.28. The van der Waals surface area contributed by atoms with E-state index in [1.165, 1.54) is 12.1 Å². The number of hydrogen-bond acceptors (Lipinski definition) is 3. The SMILES string of the molecule is CC(O)CN1CCC2CNCC=C21. The minimum Gasteiger partial charge on any atom is -0.392 e. The van der Waals surface area contributed by atoms with Gasteiger partial charge in [0.1, 0.15) is 0 Å². The highest BCUT2D eigenvalue weighted by molar-refractivity contribution is 5.15. The van der Waals surface area contributed by atoms with Gasteiger partial charge >= 0.3 is 0 Å². The van der Waals surface area contributed by atoms with Gasteiger partial charge in [-0.1, -0.05) is 6.08 Å². The highest BCUT2D eigenvalue weighted by atomic mass is 16.3. The molecule has 1 saturated heterocycles. The largest absolute Gasteiger partial charge is 0.392 e. The van der Waals surface area contributed by atoms with Crippen LogP contribution in [0.15, 0.2) is 11.8 Å². The molecule has 0 aromatic rings. The monoisotopic (exact) mass is 182 g/mol. The summed E-state index contributed by atoms with van der Waals surface area (Å²) in [6.45, 7) is 5.87. The summed E-state index contributed by atoms with van der Waals surface area (Å²) in [4.78, 5) is 2.33. The van der Waals surface area contributed by atoms with Crippen LogP contribution in [-0.2, 0) is 0 Å². The van der Waals surface area contributed by atoms with E-state index in [2.05, 4.69) is 16.3 Å². The predicted molar refractivity (Wildman–Crippen MR) is 52.3 cm³/mol. The minimum atomic E-state index is -0.213. The normalized spacial score (nSPS) is 29.8. The number of β-amino-alcohol motifs (C(OH)–C–C–N with tert-alkyl or cyclic N) is 1. The zero-order valence-electron chi connectivity index (χ0n) is 8.16. The molecule has 0 radical (unpaired) electrons. The molecule has 2 N–H and O–H groups in total. The summed E-state index contributed by atoms with van der Waals surface area (Å²) in [6.07, 6.45) is 3.30. The van der Waals surface area contributed by atoms with Crippen molar-refractivity contribution < 1.29 is 5.11 Å². The first kappa shape index (κ1) is 9.03. The fourth-order valence-corrected chi connectivity index (χ4v) is 2.30. The van der Waals surface area contributed by atoms with Crippen LogP contribution < -0.4 is 5.32 Å². The van der Waals surface area contributed by atoms with Crippen molar-refractivity contribution in [3.63, 3.8) is 0 Å². The fraction of sp³-hybridized carbons (Fsp3) is 0.800. The minimum absolute atomic E-state index is 0.213. The zero-order valence-corrected chi connectivity index (χ0v) is 8.16. The van der Waals surface area contributed by atoms with E-state index >= 15 is 0 Å². The Labute approximate surface area is 79.4 Å². The van der Waals surface area contributed by atoms with E-state index in [1.807, 2.05) is 6.92 Å². The Bertz CT molecular complexity index is 213. The number of fused-ring (bicyclic) bond motifs is 1. The molecule has 2 unspecified atom stereocenters. The van der Waals surface area contributed by atoms with Crippen molar-refractivity contribution in [2.24, 2.45) is 5.92 Å². The average Bonchev–Trinajstić information content (AvgIpc) is 2.48. The number of aliphatic hydroxyl groups excluding tert-OH is 1. The van der Waals surface area contributed by atoms with Gasteiger partial charge in [0, 0.05) is 37.8 Å². The Morgan fingerprint density at radius 1 is 1.77 bits per heavy atom. The summed E-state index contributed by atoms with van der Waals surface area (Å²) in [6, 6.07) is 0. The van der Waals surface area contributed by atoms with Crippen molar-refractivity contribution in [1.82, 2.24) is 10.2 Å². The highest BCUT2D eigenvalue weighted by Gasteiger charge is 2.29. The topological polar surface area (TPSA) is 35.5 Å². The van der Waals surface area contributed by atoms with Gasteiger partial charge in [-0.05, 0) is 13.3 Å². The van der Waals surface area contributed by atoms with E-state index in [1.54, 1.807) is 0 Å². The van der Waals surface area contributed by atoms with Gasteiger partial charge in [0.05, 0.1) is 6.10 Å². The Hall–Kier alpha value is -0.540. The predicted octanol–water partition coefficient (Wildman–Crippen LogP) is 0.176. The lowest BCUT2D eigenvalue weighted by molar-refractivity contribution is 0.151. The number of nitrogens with one attached hydrogen (secondary N) is 1. The van der Waals surface area contributed by atoms with Gasteiger partial charge in [-0.2, -0.15) is 0 Å². The van der Waals surface area contributed by atoms with E-state index in [0.717, 1.165) is 26.2 Å². The van der Waals surface area contributed by atoms with Crippen LogP contribution in [0.5, 0.6) is 0 Å². The third-order valence-corrected chi connectivity index (χ3v) is 2.86. The fourth-order valence-electron chi connectivity index (χ4n) is 2.30. The molecule has 2 heterocycles. The molecule has 0 saturated carbocycles. The number of rotatable bonds is 2. The molecular weight excluding hydrogens is 164 g/mol. The summed E-state index contributed by atoms with van der Waals surface area (Å²) >= 11 is 0. The Balaban J connectivity index is 2.02. The van der Waals surface area contributed by atoms with E-state index < -0.39 is 0 Å². The van der Waals surface area contributed by atoms with Crippen molar-refractivity contribution in [3.8, 4) is 0 Å². The molecule has 2 aliphatic heterocycles. The first-order valence-corrected chi connectivity index (χ1v) is 5.11. The maximum atomic E-state index is 9.32. The Kier molecular flexibility index (Phi) is 2.56. The van der Waals surface area contributed by atoms with Crippen LogP contribution in [0.3, 0.4) is 0 Å². The van der Waals surface area contributed by atoms with Gasteiger partial charge in [0.25, 0.3) is 0 Å². The molecule has 1 fully saturated rings. The molecule has 3 nitrogen and oxygen atoms in total. The van der Waals surface area contributed by atoms with E-state index in [-0.39, 0.29) is 6.10 Å². The van der Waals surface area contributed by atoms with Crippen LogP contribution in [0.4, 0.5) is 0 Å². The molecule has 0 aromatic carbocycles. The summed E-state index contributed by atoms with van der Waals surface area (Å²) in [5.41, 5.74) is 1.46. The van der Waals surface area contributed by atoms with Crippen molar-refractivity contribution >= 4 is 0 Å².